The monoisotopic (exact) mass is 511 g/mol. The Morgan fingerprint density at radius 1 is 1.14 bits per heavy atom. The van der Waals surface area contributed by atoms with E-state index in [0.29, 0.717) is 45.3 Å². The molecule has 2 N–H and O–H groups in total. The Hall–Kier alpha value is -3.02. The van der Waals surface area contributed by atoms with E-state index in [-0.39, 0.29) is 34.5 Å². The number of halogens is 5. The Bertz CT molecular complexity index is 1150. The first-order chi connectivity index (χ1) is 17.0. The van der Waals surface area contributed by atoms with Crippen molar-refractivity contribution in [3.8, 4) is 11.3 Å². The summed E-state index contributed by atoms with van der Waals surface area (Å²) in [7, 11) is 0. The zero-order valence-electron chi connectivity index (χ0n) is 19.5. The predicted molar refractivity (Wildman–Crippen MR) is 122 cm³/mol. The average Bonchev–Trinajstić information content (AvgIpc) is 3.38. The maximum absolute atomic E-state index is 15.7. The molecule has 0 aromatic carbocycles. The molecule has 3 aliphatic rings. The number of ether oxygens (including phenoxy) is 1. The van der Waals surface area contributed by atoms with E-state index in [4.69, 9.17) is 0 Å². The van der Waals surface area contributed by atoms with E-state index >= 15 is 8.78 Å². The molecule has 7 nitrogen and oxygen atoms in total. The maximum Gasteiger partial charge on any atom is 0.430 e. The SMILES string of the molecule is C[C@H]1CN(c2cc(C(F)(F)C3CCCC3)cc(-c3ccnc4c3C(C(F)(F)F)OC(=O)N4)n2)CCN1. The molecule has 1 saturated heterocycles. The molecule has 1 aliphatic carbocycles. The van der Waals surface area contributed by atoms with Crippen LogP contribution in [0.4, 0.5) is 38.4 Å². The molecule has 0 bridgehead atoms. The summed E-state index contributed by atoms with van der Waals surface area (Å²) in [6, 6.07) is 3.87. The van der Waals surface area contributed by atoms with Gasteiger partial charge >= 0.3 is 12.3 Å². The minimum atomic E-state index is -4.94. The highest BCUT2D eigenvalue weighted by molar-refractivity contribution is 5.89. The van der Waals surface area contributed by atoms with Crippen LogP contribution in [-0.2, 0) is 10.7 Å². The van der Waals surface area contributed by atoms with Gasteiger partial charge in [0.15, 0.2) is 0 Å². The van der Waals surface area contributed by atoms with Crippen LogP contribution < -0.4 is 15.5 Å². The Morgan fingerprint density at radius 3 is 2.58 bits per heavy atom. The van der Waals surface area contributed by atoms with Gasteiger partial charge in [0.05, 0.1) is 11.3 Å². The first-order valence-corrected chi connectivity index (χ1v) is 12.0. The number of carbonyl (C=O) groups excluding carboxylic acids is 1. The van der Waals surface area contributed by atoms with Crippen LogP contribution in [0.1, 0.15) is 49.8 Å². The van der Waals surface area contributed by atoms with Crippen molar-refractivity contribution < 1.29 is 31.5 Å². The van der Waals surface area contributed by atoms with Crippen LogP contribution in [0.25, 0.3) is 11.3 Å². The van der Waals surface area contributed by atoms with Gasteiger partial charge in [0, 0.05) is 48.9 Å². The van der Waals surface area contributed by atoms with Gasteiger partial charge in [0.1, 0.15) is 11.6 Å². The third-order valence-corrected chi connectivity index (χ3v) is 7.03. The molecule has 2 aliphatic heterocycles. The topological polar surface area (TPSA) is 79.4 Å². The normalized spacial score (nSPS) is 23.3. The van der Waals surface area contributed by atoms with Crippen molar-refractivity contribution >= 4 is 17.7 Å². The zero-order chi connectivity index (χ0) is 25.7. The highest BCUT2D eigenvalue weighted by atomic mass is 19.4. The van der Waals surface area contributed by atoms with E-state index in [1.165, 1.54) is 18.3 Å². The number of amides is 1. The summed E-state index contributed by atoms with van der Waals surface area (Å²) >= 11 is 0. The fourth-order valence-electron chi connectivity index (χ4n) is 5.26. The van der Waals surface area contributed by atoms with Gasteiger partial charge in [-0.3, -0.25) is 5.32 Å². The van der Waals surface area contributed by atoms with E-state index in [9.17, 15) is 18.0 Å². The third-order valence-electron chi connectivity index (χ3n) is 7.03. The number of fused-ring (bicyclic) bond motifs is 1. The fourth-order valence-corrected chi connectivity index (χ4v) is 5.26. The van der Waals surface area contributed by atoms with Crippen LogP contribution in [0.3, 0.4) is 0 Å². The van der Waals surface area contributed by atoms with E-state index in [1.807, 2.05) is 11.8 Å². The summed E-state index contributed by atoms with van der Waals surface area (Å²) in [5, 5.41) is 5.46. The highest BCUT2D eigenvalue weighted by Gasteiger charge is 2.50. The fraction of sp³-hybridized carbons (Fsp3) is 0.542. The summed E-state index contributed by atoms with van der Waals surface area (Å²) in [5.74, 6) is -4.09. The van der Waals surface area contributed by atoms with Crippen molar-refractivity contribution in [2.75, 3.05) is 29.9 Å². The Morgan fingerprint density at radius 2 is 1.89 bits per heavy atom. The van der Waals surface area contributed by atoms with Crippen molar-refractivity contribution in [2.24, 2.45) is 5.92 Å². The third kappa shape index (κ3) is 4.58. The number of cyclic esters (lactones) is 1. The summed E-state index contributed by atoms with van der Waals surface area (Å²) in [5.41, 5.74) is -0.872. The van der Waals surface area contributed by atoms with E-state index in [0.717, 1.165) is 6.07 Å². The van der Waals surface area contributed by atoms with Crippen LogP contribution in [0, 0.1) is 5.92 Å². The number of carbonyl (C=O) groups is 1. The van der Waals surface area contributed by atoms with Gasteiger partial charge < -0.3 is 15.0 Å². The van der Waals surface area contributed by atoms with Crippen molar-refractivity contribution in [2.45, 2.75) is 56.9 Å². The van der Waals surface area contributed by atoms with Crippen molar-refractivity contribution in [1.29, 1.82) is 0 Å². The molecule has 12 heteroatoms. The maximum atomic E-state index is 15.7. The van der Waals surface area contributed by atoms with E-state index in [2.05, 4.69) is 25.3 Å². The second kappa shape index (κ2) is 9.13. The smallest absolute Gasteiger partial charge is 0.430 e. The van der Waals surface area contributed by atoms with Crippen LogP contribution >= 0.6 is 0 Å². The number of hydrogen-bond donors (Lipinski definition) is 2. The Balaban J connectivity index is 1.68. The Kier molecular flexibility index (Phi) is 6.26. The molecular weight excluding hydrogens is 485 g/mol. The molecule has 194 valence electrons. The molecule has 1 saturated carbocycles. The lowest BCUT2D eigenvalue weighted by atomic mass is 9.91. The standard InChI is InChI=1S/C24H26F5N5O2/c1-13-12-34(9-8-30-13)18-11-15(23(25,26)14-4-2-3-5-14)10-17(32-18)16-6-7-31-21-19(16)20(24(27,28)29)36-22(35)33-21/h6-7,10-11,13-14,20,30H,2-5,8-9,12H2,1H3,(H,31,33,35)/t13-,20?/m0/s1. The van der Waals surface area contributed by atoms with Gasteiger partial charge in [0.2, 0.25) is 6.10 Å². The van der Waals surface area contributed by atoms with Gasteiger partial charge in [-0.1, -0.05) is 12.8 Å². The summed E-state index contributed by atoms with van der Waals surface area (Å²) < 4.78 is 77.6. The number of alkyl halides is 5. The molecule has 2 aromatic rings. The molecule has 36 heavy (non-hydrogen) atoms. The van der Waals surface area contributed by atoms with Crippen LogP contribution in [-0.4, -0.2) is 47.9 Å². The van der Waals surface area contributed by atoms with Crippen LogP contribution in [0.5, 0.6) is 0 Å². The molecule has 1 unspecified atom stereocenters. The van der Waals surface area contributed by atoms with E-state index in [1.54, 1.807) is 0 Å². The minimum absolute atomic E-state index is 0.0565. The predicted octanol–water partition coefficient (Wildman–Crippen LogP) is 5.39. The molecule has 2 fully saturated rings. The molecule has 2 aromatic heterocycles. The van der Waals surface area contributed by atoms with E-state index < -0.39 is 35.8 Å². The second-order valence-electron chi connectivity index (χ2n) is 9.58. The first-order valence-electron chi connectivity index (χ1n) is 12.0. The second-order valence-corrected chi connectivity index (χ2v) is 9.58. The van der Waals surface area contributed by atoms with Crippen molar-refractivity contribution in [1.82, 2.24) is 15.3 Å². The number of anilines is 2. The quantitative estimate of drug-likeness (QED) is 0.536. The average molecular weight is 511 g/mol. The lowest BCUT2D eigenvalue weighted by Crippen LogP contribution is -2.49. The van der Waals surface area contributed by atoms with Crippen molar-refractivity contribution in [3.05, 3.63) is 35.5 Å². The van der Waals surface area contributed by atoms with Gasteiger partial charge in [-0.05, 0) is 38.0 Å². The van der Waals surface area contributed by atoms with Crippen LogP contribution in [0.2, 0.25) is 0 Å². The number of rotatable bonds is 4. The van der Waals surface area contributed by atoms with Crippen LogP contribution in [0.15, 0.2) is 24.4 Å². The van der Waals surface area contributed by atoms with Gasteiger partial charge in [-0.2, -0.15) is 13.2 Å². The highest BCUT2D eigenvalue weighted by Crippen LogP contribution is 2.48. The van der Waals surface area contributed by atoms with Gasteiger partial charge in [0.25, 0.3) is 5.92 Å². The molecular formula is C24H26F5N5O2. The zero-order valence-corrected chi connectivity index (χ0v) is 19.5. The lowest BCUT2D eigenvalue weighted by molar-refractivity contribution is -0.206. The number of nitrogens with zero attached hydrogens (tertiary/aromatic N) is 3. The molecule has 0 spiro atoms. The molecule has 4 heterocycles. The molecule has 0 radical (unpaired) electrons. The largest absolute Gasteiger partial charge is 0.431 e. The molecule has 5 rings (SSSR count). The minimum Gasteiger partial charge on any atom is -0.431 e. The Labute approximate surface area is 204 Å². The molecule has 2 atom stereocenters. The van der Waals surface area contributed by atoms with Gasteiger partial charge in [-0.15, -0.1) is 0 Å². The summed E-state index contributed by atoms with van der Waals surface area (Å²) in [6.45, 7) is 3.58. The summed E-state index contributed by atoms with van der Waals surface area (Å²) in [4.78, 5) is 22.0. The number of aromatic nitrogens is 2. The number of piperazine rings is 1. The van der Waals surface area contributed by atoms with Crippen molar-refractivity contribution in [3.63, 3.8) is 0 Å². The number of nitrogens with one attached hydrogen (secondary N) is 2. The van der Waals surface area contributed by atoms with Gasteiger partial charge in [-0.25, -0.2) is 23.5 Å². The number of pyridine rings is 2. The lowest BCUT2D eigenvalue weighted by Gasteiger charge is -2.34. The summed E-state index contributed by atoms with van der Waals surface area (Å²) in [6.07, 6.45) is -5.44. The first kappa shape index (κ1) is 24.7. The number of hydrogen-bond acceptors (Lipinski definition) is 6. The molecule has 1 amide bonds.